The first-order valence-electron chi connectivity index (χ1n) is 9.00. The summed E-state index contributed by atoms with van der Waals surface area (Å²) in [5.74, 6) is 0. The van der Waals surface area contributed by atoms with Crippen molar-refractivity contribution >= 4 is 10.1 Å². The predicted octanol–water partition coefficient (Wildman–Crippen LogP) is 1.38. The maximum atomic E-state index is 11.3. The van der Waals surface area contributed by atoms with Crippen molar-refractivity contribution in [2.75, 3.05) is 0 Å². The van der Waals surface area contributed by atoms with Crippen LogP contribution in [0.15, 0.2) is 0 Å². The molecule has 0 amide bonds. The molecule has 1 N–H and O–H groups in total. The third kappa shape index (κ3) is 18.1. The van der Waals surface area contributed by atoms with Crippen LogP contribution in [0, 0.1) is 0 Å². The van der Waals surface area contributed by atoms with Crippen LogP contribution < -0.4 is 51.4 Å². The zero-order chi connectivity index (χ0) is 16.8. The molecular weight excluding hydrogens is 339 g/mol. The molecule has 2 atom stereocenters. The van der Waals surface area contributed by atoms with E-state index in [1.807, 2.05) is 0 Å². The van der Waals surface area contributed by atoms with Gasteiger partial charge in [-0.15, -0.1) is 0 Å². The van der Waals surface area contributed by atoms with E-state index in [1.165, 1.54) is 25.7 Å². The number of unbranched alkanes of at least 4 members (excludes halogenated alkanes) is 8. The predicted molar refractivity (Wildman–Crippen MR) is 90.9 cm³/mol. The van der Waals surface area contributed by atoms with Crippen molar-refractivity contribution in [2.24, 2.45) is 0 Å². The molecule has 23 heavy (non-hydrogen) atoms. The van der Waals surface area contributed by atoms with Crippen molar-refractivity contribution in [3.8, 4) is 0 Å². The van der Waals surface area contributed by atoms with Crippen molar-refractivity contribution in [1.29, 1.82) is 0 Å². The fourth-order valence-corrected chi connectivity index (χ4v) is 3.66. The van der Waals surface area contributed by atoms with Crippen molar-refractivity contribution < 1.29 is 69.5 Å². The summed E-state index contributed by atoms with van der Waals surface area (Å²) in [6.45, 7) is 3.94. The van der Waals surface area contributed by atoms with Gasteiger partial charge in [-0.3, -0.25) is 0 Å². The van der Waals surface area contributed by atoms with Crippen LogP contribution in [0.4, 0.5) is 0 Å². The Labute approximate surface area is 186 Å². The van der Waals surface area contributed by atoms with Crippen LogP contribution in [0.3, 0.4) is 0 Å². The van der Waals surface area contributed by atoms with Gasteiger partial charge in [0.05, 0.1) is 16.2 Å². The molecule has 0 radical (unpaired) electrons. The minimum Gasteiger partial charge on any atom is -0.748 e. The molecule has 0 aromatic heterocycles. The van der Waals surface area contributed by atoms with Gasteiger partial charge in [0.2, 0.25) is 0 Å². The van der Waals surface area contributed by atoms with Crippen molar-refractivity contribution in [1.82, 2.24) is 0 Å². The van der Waals surface area contributed by atoms with Gasteiger partial charge in [0.15, 0.2) is 0 Å². The molecule has 2 unspecified atom stereocenters. The first kappa shape index (κ1) is 26.7. The maximum Gasteiger partial charge on any atom is 1.00 e. The standard InChI is InChI=1S/C17H36O4S.K/c1-3-4-5-6-7-8-11-14-17(22(19,20)21)15-12-9-10-13-16(2)18;/h16-18H,3-15H2,1-2H3,(H,19,20,21);/q;+1/p-1. The molecule has 0 saturated heterocycles. The van der Waals surface area contributed by atoms with Gasteiger partial charge >= 0.3 is 51.4 Å². The number of aliphatic hydroxyl groups is 1. The van der Waals surface area contributed by atoms with E-state index in [1.54, 1.807) is 6.92 Å². The van der Waals surface area contributed by atoms with Crippen LogP contribution >= 0.6 is 0 Å². The number of hydrogen-bond donors (Lipinski definition) is 1. The quantitative estimate of drug-likeness (QED) is 0.267. The van der Waals surface area contributed by atoms with Crippen LogP contribution in [0.2, 0.25) is 0 Å². The molecule has 0 bridgehead atoms. The van der Waals surface area contributed by atoms with E-state index in [4.69, 9.17) is 5.11 Å². The van der Waals surface area contributed by atoms with Gasteiger partial charge in [0.1, 0.15) is 0 Å². The Hall–Kier alpha value is 1.51. The summed E-state index contributed by atoms with van der Waals surface area (Å²) in [7, 11) is -4.17. The Morgan fingerprint density at radius 2 is 1.22 bits per heavy atom. The van der Waals surface area contributed by atoms with Gasteiger partial charge in [-0.25, -0.2) is 8.42 Å². The maximum absolute atomic E-state index is 11.3. The molecule has 4 nitrogen and oxygen atoms in total. The summed E-state index contributed by atoms with van der Waals surface area (Å²) < 4.78 is 33.9. The van der Waals surface area contributed by atoms with Gasteiger partial charge < -0.3 is 9.66 Å². The second-order valence-electron chi connectivity index (χ2n) is 6.51. The summed E-state index contributed by atoms with van der Waals surface area (Å²) >= 11 is 0. The molecule has 0 aromatic rings. The Kier molecular flexibility index (Phi) is 19.7. The largest absolute Gasteiger partial charge is 1.00 e. The van der Waals surface area contributed by atoms with Gasteiger partial charge in [-0.1, -0.05) is 71.1 Å². The average molecular weight is 375 g/mol. The van der Waals surface area contributed by atoms with E-state index >= 15 is 0 Å². The summed E-state index contributed by atoms with van der Waals surface area (Å²) in [6, 6.07) is 0. The van der Waals surface area contributed by atoms with E-state index in [2.05, 4.69) is 6.92 Å². The number of rotatable bonds is 15. The fraction of sp³-hybridized carbons (Fsp3) is 1.00. The molecular formula is C17H35KO4S. The van der Waals surface area contributed by atoms with E-state index in [-0.39, 0.29) is 57.5 Å². The molecule has 0 heterocycles. The van der Waals surface area contributed by atoms with Gasteiger partial charge in [-0.05, 0) is 26.2 Å². The van der Waals surface area contributed by atoms with Crippen LogP contribution in [-0.2, 0) is 10.1 Å². The topological polar surface area (TPSA) is 77.4 Å². The van der Waals surface area contributed by atoms with Crippen LogP contribution in [-0.4, -0.2) is 29.4 Å². The molecule has 0 aliphatic rings. The monoisotopic (exact) mass is 374 g/mol. The molecule has 6 heteroatoms. The molecule has 0 aliphatic heterocycles. The zero-order valence-electron chi connectivity index (χ0n) is 15.4. The fourth-order valence-electron chi connectivity index (χ4n) is 2.75. The Morgan fingerprint density at radius 3 is 1.65 bits per heavy atom. The summed E-state index contributed by atoms with van der Waals surface area (Å²) in [6.07, 6.45) is 11.9. The van der Waals surface area contributed by atoms with Gasteiger partial charge in [0, 0.05) is 5.25 Å². The van der Waals surface area contributed by atoms with Crippen molar-refractivity contribution in [3.63, 3.8) is 0 Å². The van der Waals surface area contributed by atoms with Crippen molar-refractivity contribution in [3.05, 3.63) is 0 Å². The molecule has 0 spiro atoms. The van der Waals surface area contributed by atoms with E-state index < -0.39 is 15.4 Å². The minimum absolute atomic E-state index is 0. The Bertz CT molecular complexity index is 345. The third-order valence-electron chi connectivity index (χ3n) is 4.19. The first-order chi connectivity index (χ1) is 10.4. The van der Waals surface area contributed by atoms with Gasteiger partial charge in [0.25, 0.3) is 0 Å². The number of aliphatic hydroxyl groups excluding tert-OH is 1. The van der Waals surface area contributed by atoms with Crippen LogP contribution in [0.25, 0.3) is 0 Å². The average Bonchev–Trinajstić information content (AvgIpc) is 2.42. The Balaban J connectivity index is 0. The van der Waals surface area contributed by atoms with Gasteiger partial charge in [-0.2, -0.15) is 0 Å². The molecule has 0 saturated carbocycles. The molecule has 0 rings (SSSR count). The summed E-state index contributed by atoms with van der Waals surface area (Å²) in [4.78, 5) is 0. The van der Waals surface area contributed by atoms with E-state index in [0.717, 1.165) is 44.9 Å². The SMILES string of the molecule is CCCCCCCCCC(CCCCCC(C)O)S(=O)(=O)[O-].[K+]. The first-order valence-corrected chi connectivity index (χ1v) is 10.5. The number of hydrogen-bond acceptors (Lipinski definition) is 4. The zero-order valence-corrected chi connectivity index (χ0v) is 19.4. The third-order valence-corrected chi connectivity index (χ3v) is 5.47. The second-order valence-corrected chi connectivity index (χ2v) is 8.16. The minimum atomic E-state index is -4.17. The Morgan fingerprint density at radius 1 is 0.826 bits per heavy atom. The molecule has 0 aliphatic carbocycles. The van der Waals surface area contributed by atoms with Crippen LogP contribution in [0.1, 0.15) is 97.3 Å². The van der Waals surface area contributed by atoms with Crippen molar-refractivity contribution in [2.45, 2.75) is 109 Å². The molecule has 0 fully saturated rings. The summed E-state index contributed by atoms with van der Waals surface area (Å²) in [5, 5.41) is 8.45. The normalized spacial score (nSPS) is 14.3. The second kappa shape index (κ2) is 16.9. The smallest absolute Gasteiger partial charge is 0.748 e. The van der Waals surface area contributed by atoms with E-state index in [9.17, 15) is 13.0 Å². The molecule has 134 valence electrons. The molecule has 0 aromatic carbocycles. The van der Waals surface area contributed by atoms with E-state index in [0.29, 0.717) is 12.8 Å². The summed E-state index contributed by atoms with van der Waals surface area (Å²) in [5.41, 5.74) is 0. The van der Waals surface area contributed by atoms with Crippen LogP contribution in [0.5, 0.6) is 0 Å².